The number of aryl methyl sites for hydroxylation is 1. The minimum atomic E-state index is -1.02. The van der Waals surface area contributed by atoms with Crippen LogP contribution in [0.1, 0.15) is 45.6 Å². The Hall–Kier alpha value is -2.90. The Balaban J connectivity index is 1.79. The quantitative estimate of drug-likeness (QED) is 0.498. The van der Waals surface area contributed by atoms with E-state index in [2.05, 4.69) is 17.6 Å². The van der Waals surface area contributed by atoms with Crippen molar-refractivity contribution in [3.8, 4) is 0 Å². The third-order valence-electron chi connectivity index (χ3n) is 4.76. The minimum Gasteiger partial charge on any atom is -0.454 e. The highest BCUT2D eigenvalue weighted by molar-refractivity contribution is 6.08. The molecule has 2 rings (SSSR count). The minimum absolute atomic E-state index is 0.406. The van der Waals surface area contributed by atoms with E-state index in [1.165, 1.54) is 5.56 Å². The van der Waals surface area contributed by atoms with Crippen LogP contribution in [0, 0.1) is 0 Å². The van der Waals surface area contributed by atoms with Gasteiger partial charge in [-0.1, -0.05) is 32.4 Å². The van der Waals surface area contributed by atoms with Crippen LogP contribution in [-0.4, -0.2) is 47.4 Å². The van der Waals surface area contributed by atoms with Crippen LogP contribution in [0.25, 0.3) is 0 Å². The number of hydrogen-bond donors (Lipinski definition) is 2. The second-order valence-corrected chi connectivity index (χ2v) is 7.02. The largest absolute Gasteiger partial charge is 0.454 e. The number of esters is 1. The standard InChI is InChI=1S/C20H27N3O5/c1-4-6-7-14-8-10-15(11-9-14)21-16(24)13-28-17(25)12-23-18(26)20(3,5-2)22-19(23)27/h8-11H,4-7,12-13H2,1-3H3,(H,21,24)(H,22,27)/t20-/m0/s1. The van der Waals surface area contributed by atoms with Gasteiger partial charge in [0.25, 0.3) is 11.8 Å². The molecule has 2 N–H and O–H groups in total. The van der Waals surface area contributed by atoms with Crippen molar-refractivity contribution in [3.63, 3.8) is 0 Å². The Morgan fingerprint density at radius 3 is 2.43 bits per heavy atom. The summed E-state index contributed by atoms with van der Waals surface area (Å²) in [6, 6.07) is 6.84. The smallest absolute Gasteiger partial charge is 0.326 e. The molecule has 1 fully saturated rings. The highest BCUT2D eigenvalue weighted by atomic mass is 16.5. The van der Waals surface area contributed by atoms with Gasteiger partial charge in [-0.3, -0.25) is 19.3 Å². The van der Waals surface area contributed by atoms with Crippen molar-refractivity contribution in [2.24, 2.45) is 0 Å². The zero-order valence-electron chi connectivity index (χ0n) is 16.5. The number of hydrogen-bond acceptors (Lipinski definition) is 5. The number of imide groups is 1. The van der Waals surface area contributed by atoms with Crippen molar-refractivity contribution in [3.05, 3.63) is 29.8 Å². The van der Waals surface area contributed by atoms with E-state index in [4.69, 9.17) is 4.74 Å². The number of nitrogens with zero attached hydrogens (tertiary/aromatic N) is 1. The monoisotopic (exact) mass is 389 g/mol. The van der Waals surface area contributed by atoms with Crippen molar-refractivity contribution in [1.29, 1.82) is 0 Å². The molecule has 1 aromatic carbocycles. The molecule has 1 saturated heterocycles. The van der Waals surface area contributed by atoms with Crippen molar-refractivity contribution in [2.75, 3.05) is 18.5 Å². The summed E-state index contributed by atoms with van der Waals surface area (Å²) < 4.78 is 4.89. The van der Waals surface area contributed by atoms with E-state index >= 15 is 0 Å². The third-order valence-corrected chi connectivity index (χ3v) is 4.76. The van der Waals surface area contributed by atoms with Crippen LogP contribution >= 0.6 is 0 Å². The Kier molecular flexibility index (Phi) is 7.14. The molecule has 0 bridgehead atoms. The third kappa shape index (κ3) is 5.31. The van der Waals surface area contributed by atoms with Crippen LogP contribution in [0.3, 0.4) is 0 Å². The highest BCUT2D eigenvalue weighted by Gasteiger charge is 2.47. The van der Waals surface area contributed by atoms with Gasteiger partial charge in [-0.05, 0) is 43.9 Å². The van der Waals surface area contributed by atoms with E-state index in [1.54, 1.807) is 26.0 Å². The van der Waals surface area contributed by atoms with E-state index in [-0.39, 0.29) is 0 Å². The van der Waals surface area contributed by atoms with Gasteiger partial charge in [-0.15, -0.1) is 0 Å². The summed E-state index contributed by atoms with van der Waals surface area (Å²) in [6.07, 6.45) is 3.62. The van der Waals surface area contributed by atoms with Gasteiger partial charge in [0.15, 0.2) is 6.61 Å². The highest BCUT2D eigenvalue weighted by Crippen LogP contribution is 2.20. The predicted molar refractivity (Wildman–Crippen MR) is 104 cm³/mol. The molecule has 0 aromatic heterocycles. The average molecular weight is 389 g/mol. The molecule has 0 spiro atoms. The molecule has 0 aliphatic carbocycles. The fourth-order valence-corrected chi connectivity index (χ4v) is 2.78. The molecule has 0 radical (unpaired) electrons. The Bertz CT molecular complexity index is 747. The Labute approximate surface area is 164 Å². The molecule has 1 aromatic rings. The van der Waals surface area contributed by atoms with Gasteiger partial charge in [-0.25, -0.2) is 4.79 Å². The van der Waals surface area contributed by atoms with Crippen molar-refractivity contribution < 1.29 is 23.9 Å². The zero-order valence-corrected chi connectivity index (χ0v) is 16.5. The maximum absolute atomic E-state index is 12.2. The first kappa shape index (κ1) is 21.4. The maximum Gasteiger partial charge on any atom is 0.326 e. The summed E-state index contributed by atoms with van der Waals surface area (Å²) in [5.41, 5.74) is 0.783. The van der Waals surface area contributed by atoms with Crippen molar-refractivity contribution in [2.45, 2.75) is 52.0 Å². The lowest BCUT2D eigenvalue weighted by atomic mass is 9.99. The average Bonchev–Trinajstić information content (AvgIpc) is 2.89. The predicted octanol–water partition coefficient (Wildman–Crippen LogP) is 2.23. The SMILES string of the molecule is CCCCc1ccc(NC(=O)COC(=O)CN2C(=O)N[C@@](C)(CC)C2=O)cc1. The normalized spacial score (nSPS) is 18.8. The first-order valence-electron chi connectivity index (χ1n) is 9.47. The molecule has 1 heterocycles. The number of rotatable bonds is 9. The maximum atomic E-state index is 12.2. The molecule has 152 valence electrons. The fourth-order valence-electron chi connectivity index (χ4n) is 2.78. The van der Waals surface area contributed by atoms with Crippen molar-refractivity contribution >= 4 is 29.5 Å². The number of ether oxygens (including phenoxy) is 1. The van der Waals surface area contributed by atoms with E-state index in [9.17, 15) is 19.2 Å². The van der Waals surface area contributed by atoms with Crippen LogP contribution in [0.2, 0.25) is 0 Å². The molecular weight excluding hydrogens is 362 g/mol. The summed E-state index contributed by atoms with van der Waals surface area (Å²) in [5, 5.41) is 5.19. The first-order chi connectivity index (χ1) is 13.3. The van der Waals surface area contributed by atoms with Crippen LogP contribution in [0.5, 0.6) is 0 Å². The van der Waals surface area contributed by atoms with Gasteiger partial charge in [-0.2, -0.15) is 0 Å². The number of carbonyl (C=O) groups is 4. The lowest BCUT2D eigenvalue weighted by Crippen LogP contribution is -2.43. The fraction of sp³-hybridized carbons (Fsp3) is 0.500. The van der Waals surface area contributed by atoms with Gasteiger partial charge in [0.1, 0.15) is 12.1 Å². The van der Waals surface area contributed by atoms with Crippen LogP contribution in [0.4, 0.5) is 10.5 Å². The molecule has 8 nitrogen and oxygen atoms in total. The van der Waals surface area contributed by atoms with E-state index in [1.807, 2.05) is 12.1 Å². The summed E-state index contributed by atoms with van der Waals surface area (Å²) in [7, 11) is 0. The number of amides is 4. The van der Waals surface area contributed by atoms with Gasteiger partial charge in [0.2, 0.25) is 0 Å². The molecule has 4 amide bonds. The topological polar surface area (TPSA) is 105 Å². The van der Waals surface area contributed by atoms with Crippen LogP contribution in [-0.2, 0) is 25.5 Å². The lowest BCUT2D eigenvalue weighted by Gasteiger charge is -2.18. The van der Waals surface area contributed by atoms with E-state index in [0.717, 1.165) is 24.2 Å². The molecule has 0 unspecified atom stereocenters. The molecule has 28 heavy (non-hydrogen) atoms. The summed E-state index contributed by atoms with van der Waals surface area (Å²) in [5.74, 6) is -1.80. The van der Waals surface area contributed by atoms with Gasteiger partial charge >= 0.3 is 12.0 Å². The van der Waals surface area contributed by atoms with Gasteiger partial charge in [0, 0.05) is 5.69 Å². The van der Waals surface area contributed by atoms with Gasteiger partial charge in [0.05, 0.1) is 0 Å². The summed E-state index contributed by atoms with van der Waals surface area (Å²) >= 11 is 0. The van der Waals surface area contributed by atoms with Gasteiger partial charge < -0.3 is 15.4 Å². The molecule has 1 aliphatic heterocycles. The van der Waals surface area contributed by atoms with E-state index in [0.29, 0.717) is 12.1 Å². The number of anilines is 1. The molecule has 1 aliphatic rings. The second kappa shape index (κ2) is 9.34. The number of benzene rings is 1. The first-order valence-corrected chi connectivity index (χ1v) is 9.47. The van der Waals surface area contributed by atoms with E-state index < -0.39 is 42.5 Å². The number of unbranched alkanes of at least 4 members (excludes halogenated alkanes) is 1. The van der Waals surface area contributed by atoms with Crippen molar-refractivity contribution in [1.82, 2.24) is 10.2 Å². The number of urea groups is 1. The second-order valence-electron chi connectivity index (χ2n) is 7.02. The Morgan fingerprint density at radius 2 is 1.86 bits per heavy atom. The Morgan fingerprint density at radius 1 is 1.18 bits per heavy atom. The number of nitrogens with one attached hydrogen (secondary N) is 2. The van der Waals surface area contributed by atoms with Crippen LogP contribution < -0.4 is 10.6 Å². The molecular formula is C20H27N3O5. The zero-order chi connectivity index (χ0) is 20.7. The molecule has 1 atom stereocenters. The summed E-state index contributed by atoms with van der Waals surface area (Å²) in [6.45, 7) is 4.47. The summed E-state index contributed by atoms with van der Waals surface area (Å²) in [4.78, 5) is 48.8. The molecule has 8 heteroatoms. The lowest BCUT2D eigenvalue weighted by molar-refractivity contribution is -0.150. The molecule has 0 saturated carbocycles. The van der Waals surface area contributed by atoms with Crippen LogP contribution in [0.15, 0.2) is 24.3 Å². The number of carbonyl (C=O) groups excluding carboxylic acids is 4.